The first-order valence-corrected chi connectivity index (χ1v) is 11.0. The minimum absolute atomic E-state index is 0.0345. The van der Waals surface area contributed by atoms with E-state index in [1.165, 1.54) is 6.21 Å². The molecule has 7 nitrogen and oxygen atoms in total. The summed E-state index contributed by atoms with van der Waals surface area (Å²) in [5.41, 5.74) is 4.68. The number of nitrogens with one attached hydrogen (secondary N) is 2. The predicted molar refractivity (Wildman–Crippen MR) is 124 cm³/mol. The molecule has 1 aromatic rings. The molecule has 1 amide bonds. The maximum Gasteiger partial charge on any atom is 0.224 e. The number of hydrogen-bond acceptors (Lipinski definition) is 6. The van der Waals surface area contributed by atoms with Gasteiger partial charge in [-0.25, -0.2) is 0 Å². The van der Waals surface area contributed by atoms with Crippen LogP contribution in [0, 0.1) is 11.3 Å². The van der Waals surface area contributed by atoms with Crippen LogP contribution in [0.5, 0.6) is 0 Å². The lowest BCUT2D eigenvalue weighted by Crippen LogP contribution is -2.50. The number of anilines is 2. The Hall–Kier alpha value is -2.64. The highest BCUT2D eigenvalue weighted by atomic mass is 16.5. The third kappa shape index (κ3) is 4.38. The van der Waals surface area contributed by atoms with Gasteiger partial charge < -0.3 is 30.0 Å². The van der Waals surface area contributed by atoms with Gasteiger partial charge in [-0.05, 0) is 37.5 Å². The maximum atomic E-state index is 12.4. The van der Waals surface area contributed by atoms with Crippen molar-refractivity contribution >= 4 is 29.1 Å². The van der Waals surface area contributed by atoms with E-state index >= 15 is 0 Å². The molecule has 3 heterocycles. The molecule has 4 rings (SSSR count). The molecule has 2 fully saturated rings. The normalized spacial score (nSPS) is 22.5. The van der Waals surface area contributed by atoms with E-state index in [0.717, 1.165) is 54.3 Å². The number of allylic oxidation sites excluding steroid dienone is 2. The Kier molecular flexibility index (Phi) is 6.43. The van der Waals surface area contributed by atoms with E-state index in [1.807, 2.05) is 23.2 Å². The monoisotopic (exact) mass is 424 g/mol. The Bertz CT molecular complexity index is 887. The highest BCUT2D eigenvalue weighted by Crippen LogP contribution is 2.41. The summed E-state index contributed by atoms with van der Waals surface area (Å²) in [7, 11) is 0. The van der Waals surface area contributed by atoms with Crippen molar-refractivity contribution in [3.05, 3.63) is 42.2 Å². The summed E-state index contributed by atoms with van der Waals surface area (Å²) in [4.78, 5) is 16.6. The van der Waals surface area contributed by atoms with Gasteiger partial charge in [0.25, 0.3) is 0 Å². The van der Waals surface area contributed by atoms with Gasteiger partial charge in [0, 0.05) is 56.3 Å². The topological polar surface area (TPSA) is 77.9 Å². The Balaban J connectivity index is 1.70. The summed E-state index contributed by atoms with van der Waals surface area (Å²) in [6, 6.07) is 6.41. The predicted octanol–water partition coefficient (Wildman–Crippen LogP) is 3.17. The zero-order valence-electron chi connectivity index (χ0n) is 18.4. The number of carbonyl (C=O) groups is 1. The van der Waals surface area contributed by atoms with E-state index in [1.54, 1.807) is 6.92 Å². The number of ether oxygens (including phenoxy) is 2. The number of nitrogens with zero attached hydrogens (tertiary/aromatic N) is 2. The van der Waals surface area contributed by atoms with E-state index in [9.17, 15) is 4.79 Å². The van der Waals surface area contributed by atoms with E-state index in [-0.39, 0.29) is 11.9 Å². The molecule has 0 saturated carbocycles. The third-order valence-corrected chi connectivity index (χ3v) is 6.39. The molecule has 3 aliphatic rings. The van der Waals surface area contributed by atoms with Crippen LogP contribution in [0.25, 0.3) is 5.57 Å². The second-order valence-corrected chi connectivity index (χ2v) is 8.58. The molecule has 0 aliphatic carbocycles. The van der Waals surface area contributed by atoms with Crippen molar-refractivity contribution in [3.63, 3.8) is 0 Å². The molecule has 166 valence electrons. The third-order valence-electron chi connectivity index (χ3n) is 6.39. The number of carbonyl (C=O) groups excluding carboxylic acids is 1. The van der Waals surface area contributed by atoms with Gasteiger partial charge in [-0.3, -0.25) is 4.79 Å². The lowest BCUT2D eigenvalue weighted by atomic mass is 9.93. The molecule has 7 heteroatoms. The Morgan fingerprint density at radius 1 is 1.23 bits per heavy atom. The SMILES string of the molecule is C=C(C1CCOCC1)N1CC(C)N(C(C)=O)c2ccc(/C(C=N)=C/NC3COC3)cc21. The zero-order chi connectivity index (χ0) is 22.0. The van der Waals surface area contributed by atoms with Crippen LogP contribution in [0.4, 0.5) is 11.4 Å². The Morgan fingerprint density at radius 3 is 2.58 bits per heavy atom. The first kappa shape index (κ1) is 21.6. The number of rotatable bonds is 6. The molecule has 2 N–H and O–H groups in total. The van der Waals surface area contributed by atoms with Crippen LogP contribution in [0.15, 0.2) is 36.7 Å². The van der Waals surface area contributed by atoms with Crippen LogP contribution in [0.3, 0.4) is 0 Å². The molecule has 0 bridgehead atoms. The van der Waals surface area contributed by atoms with Crippen molar-refractivity contribution < 1.29 is 14.3 Å². The molecule has 1 atom stereocenters. The highest BCUT2D eigenvalue weighted by molar-refractivity contribution is 6.09. The van der Waals surface area contributed by atoms with Crippen LogP contribution >= 0.6 is 0 Å². The van der Waals surface area contributed by atoms with E-state index in [2.05, 4.69) is 29.8 Å². The van der Waals surface area contributed by atoms with Crippen molar-refractivity contribution in [1.29, 1.82) is 5.41 Å². The lowest BCUT2D eigenvalue weighted by Gasteiger charge is -2.44. The van der Waals surface area contributed by atoms with E-state index < -0.39 is 0 Å². The zero-order valence-corrected chi connectivity index (χ0v) is 18.4. The number of hydrogen-bond donors (Lipinski definition) is 2. The van der Waals surface area contributed by atoms with Gasteiger partial charge in [-0.1, -0.05) is 12.6 Å². The summed E-state index contributed by atoms with van der Waals surface area (Å²) in [6.07, 6.45) is 5.18. The number of fused-ring (bicyclic) bond motifs is 1. The summed E-state index contributed by atoms with van der Waals surface area (Å²) in [5, 5.41) is 11.2. The average Bonchev–Trinajstić information content (AvgIpc) is 2.74. The van der Waals surface area contributed by atoms with Crippen LogP contribution in [0.1, 0.15) is 32.3 Å². The van der Waals surface area contributed by atoms with Crippen LogP contribution in [-0.4, -0.2) is 57.2 Å². The quantitative estimate of drug-likeness (QED) is 0.686. The molecule has 1 aromatic carbocycles. The van der Waals surface area contributed by atoms with Crippen molar-refractivity contribution in [2.75, 3.05) is 42.8 Å². The molecule has 31 heavy (non-hydrogen) atoms. The largest absolute Gasteiger partial charge is 0.383 e. The first-order chi connectivity index (χ1) is 15.0. The van der Waals surface area contributed by atoms with E-state index in [0.29, 0.717) is 31.7 Å². The fraction of sp³-hybridized carbons (Fsp3) is 0.500. The van der Waals surface area contributed by atoms with Crippen LogP contribution < -0.4 is 15.1 Å². The highest BCUT2D eigenvalue weighted by Gasteiger charge is 2.34. The average molecular weight is 425 g/mol. The minimum atomic E-state index is 0.0345. The molecule has 0 aromatic heterocycles. The van der Waals surface area contributed by atoms with Gasteiger partial charge in [-0.15, -0.1) is 0 Å². The fourth-order valence-electron chi connectivity index (χ4n) is 4.56. The summed E-state index contributed by atoms with van der Waals surface area (Å²) in [5.74, 6) is 0.409. The molecule has 2 saturated heterocycles. The fourth-order valence-corrected chi connectivity index (χ4v) is 4.56. The molecule has 0 spiro atoms. The molecule has 1 unspecified atom stereocenters. The Morgan fingerprint density at radius 2 is 1.97 bits per heavy atom. The molecule has 3 aliphatic heterocycles. The van der Waals surface area contributed by atoms with Gasteiger partial charge in [0.2, 0.25) is 5.91 Å². The molecular weight excluding hydrogens is 392 g/mol. The van der Waals surface area contributed by atoms with Gasteiger partial charge in [0.1, 0.15) is 0 Å². The smallest absolute Gasteiger partial charge is 0.224 e. The van der Waals surface area contributed by atoms with Gasteiger partial charge in [0.15, 0.2) is 0 Å². The van der Waals surface area contributed by atoms with Crippen molar-refractivity contribution in [1.82, 2.24) is 5.32 Å². The Labute approximate surface area is 184 Å². The minimum Gasteiger partial charge on any atom is -0.383 e. The summed E-state index contributed by atoms with van der Waals surface area (Å²) < 4.78 is 10.8. The lowest BCUT2D eigenvalue weighted by molar-refractivity contribution is -0.117. The maximum absolute atomic E-state index is 12.4. The number of amides is 1. The summed E-state index contributed by atoms with van der Waals surface area (Å²) in [6.45, 7) is 11.8. The summed E-state index contributed by atoms with van der Waals surface area (Å²) >= 11 is 0. The van der Waals surface area contributed by atoms with Gasteiger partial charge >= 0.3 is 0 Å². The first-order valence-electron chi connectivity index (χ1n) is 11.0. The van der Waals surface area contributed by atoms with Crippen molar-refractivity contribution in [2.24, 2.45) is 5.92 Å². The molecule has 0 radical (unpaired) electrons. The second kappa shape index (κ2) is 9.24. The van der Waals surface area contributed by atoms with Gasteiger partial charge in [0.05, 0.1) is 36.7 Å². The standard InChI is InChI=1S/C24H32N4O3/c1-16-13-27(17(2)19-6-8-30-9-7-19)24-10-20(4-5-23(24)28(16)18(3)29)21(11-25)12-26-22-14-31-15-22/h4-5,10-12,16,19,22,25-26H,2,6-9,13-15H2,1,3H3/b21-12+,25-11?. The van der Waals surface area contributed by atoms with Crippen LogP contribution in [-0.2, 0) is 14.3 Å². The van der Waals surface area contributed by atoms with Crippen molar-refractivity contribution in [2.45, 2.75) is 38.8 Å². The second-order valence-electron chi connectivity index (χ2n) is 8.58. The van der Waals surface area contributed by atoms with E-state index in [4.69, 9.17) is 14.9 Å². The van der Waals surface area contributed by atoms with Crippen molar-refractivity contribution in [3.8, 4) is 0 Å². The van der Waals surface area contributed by atoms with Crippen LogP contribution in [0.2, 0.25) is 0 Å². The molecular formula is C24H32N4O3. The van der Waals surface area contributed by atoms with Gasteiger partial charge in [-0.2, -0.15) is 0 Å². The number of benzene rings is 1.